The monoisotopic (exact) mass is 265 g/mol. The van der Waals surface area contributed by atoms with Crippen LogP contribution in [0.1, 0.15) is 37.0 Å². The standard InChI is InChI=1S/C13H23N5O/c1-5-9-10(14)11(16-15-9)12(19)18-7-6-17(4)13(2,3)8-18/h5-8,14H2,1-4H3,(H,15,16). The van der Waals surface area contributed by atoms with E-state index < -0.39 is 0 Å². The molecule has 1 amide bonds. The van der Waals surface area contributed by atoms with E-state index in [0.717, 1.165) is 18.7 Å². The number of H-pyrrole nitrogens is 1. The summed E-state index contributed by atoms with van der Waals surface area (Å²) in [5, 5.41) is 6.91. The lowest BCUT2D eigenvalue weighted by atomic mass is 9.99. The van der Waals surface area contributed by atoms with Crippen LogP contribution in [0, 0.1) is 0 Å². The minimum Gasteiger partial charge on any atom is -0.395 e. The summed E-state index contributed by atoms with van der Waals surface area (Å²) in [6.07, 6.45) is 0.750. The van der Waals surface area contributed by atoms with E-state index in [1.807, 2.05) is 11.8 Å². The molecule has 1 aliphatic rings. The van der Waals surface area contributed by atoms with Gasteiger partial charge < -0.3 is 10.6 Å². The second kappa shape index (κ2) is 4.85. The van der Waals surface area contributed by atoms with Crippen molar-refractivity contribution in [2.24, 2.45) is 0 Å². The molecule has 6 heteroatoms. The number of aromatic amines is 1. The van der Waals surface area contributed by atoms with Gasteiger partial charge in [-0.3, -0.25) is 14.8 Å². The fourth-order valence-electron chi connectivity index (χ4n) is 2.38. The zero-order valence-electron chi connectivity index (χ0n) is 12.2. The predicted molar refractivity (Wildman–Crippen MR) is 75.0 cm³/mol. The Bertz CT molecular complexity index is 479. The molecule has 0 bridgehead atoms. The molecule has 0 aromatic carbocycles. The number of carbonyl (C=O) groups excluding carboxylic acids is 1. The summed E-state index contributed by atoms with van der Waals surface area (Å²) < 4.78 is 0. The molecule has 2 rings (SSSR count). The summed E-state index contributed by atoms with van der Waals surface area (Å²) in [7, 11) is 2.08. The summed E-state index contributed by atoms with van der Waals surface area (Å²) in [4.78, 5) is 16.6. The van der Waals surface area contributed by atoms with E-state index in [-0.39, 0.29) is 11.4 Å². The third kappa shape index (κ3) is 2.45. The number of anilines is 1. The molecule has 1 saturated heterocycles. The largest absolute Gasteiger partial charge is 0.395 e. The number of nitrogens with one attached hydrogen (secondary N) is 1. The van der Waals surface area contributed by atoms with Crippen molar-refractivity contribution in [3.63, 3.8) is 0 Å². The van der Waals surface area contributed by atoms with Gasteiger partial charge in [-0.05, 0) is 27.3 Å². The van der Waals surface area contributed by atoms with Crippen molar-refractivity contribution in [1.29, 1.82) is 0 Å². The van der Waals surface area contributed by atoms with Crippen molar-refractivity contribution in [2.45, 2.75) is 32.7 Å². The molecule has 0 atom stereocenters. The van der Waals surface area contributed by atoms with Gasteiger partial charge in [0.05, 0.1) is 11.4 Å². The smallest absolute Gasteiger partial charge is 0.276 e. The number of nitrogens with two attached hydrogens (primary N) is 1. The second-order valence-electron chi connectivity index (χ2n) is 5.78. The first kappa shape index (κ1) is 13.9. The fraction of sp³-hybridized carbons (Fsp3) is 0.692. The van der Waals surface area contributed by atoms with Crippen LogP contribution >= 0.6 is 0 Å². The number of amides is 1. The van der Waals surface area contributed by atoms with Crippen LogP contribution in [0.4, 0.5) is 5.69 Å². The highest BCUT2D eigenvalue weighted by molar-refractivity contribution is 5.97. The second-order valence-corrected chi connectivity index (χ2v) is 5.78. The number of hydrogen-bond donors (Lipinski definition) is 2. The molecule has 1 aliphatic heterocycles. The topological polar surface area (TPSA) is 78.2 Å². The molecule has 0 unspecified atom stereocenters. The number of likely N-dealkylation sites (N-methyl/N-ethyl adjacent to an activating group) is 1. The van der Waals surface area contributed by atoms with Crippen LogP contribution in [0.3, 0.4) is 0 Å². The lowest BCUT2D eigenvalue weighted by molar-refractivity contribution is 0.0308. The molecule has 3 N–H and O–H groups in total. The predicted octanol–water partition coefficient (Wildman–Crippen LogP) is 0.721. The lowest BCUT2D eigenvalue weighted by Crippen LogP contribution is -2.58. The van der Waals surface area contributed by atoms with Gasteiger partial charge in [0.15, 0.2) is 5.69 Å². The Morgan fingerprint density at radius 2 is 2.16 bits per heavy atom. The summed E-state index contributed by atoms with van der Waals surface area (Å²) in [5.74, 6) is -0.0744. The van der Waals surface area contributed by atoms with Crippen LogP contribution in [0.2, 0.25) is 0 Å². The highest BCUT2D eigenvalue weighted by atomic mass is 16.2. The third-order valence-corrected chi connectivity index (χ3v) is 4.04. The maximum Gasteiger partial charge on any atom is 0.276 e. The molecule has 6 nitrogen and oxygen atoms in total. The van der Waals surface area contributed by atoms with E-state index in [2.05, 4.69) is 36.0 Å². The van der Waals surface area contributed by atoms with Crippen LogP contribution in [0.15, 0.2) is 0 Å². The van der Waals surface area contributed by atoms with Gasteiger partial charge in [0.1, 0.15) is 0 Å². The first-order valence-electron chi connectivity index (χ1n) is 6.70. The highest BCUT2D eigenvalue weighted by Gasteiger charge is 2.34. The molecule has 0 saturated carbocycles. The summed E-state index contributed by atoms with van der Waals surface area (Å²) >= 11 is 0. The Morgan fingerprint density at radius 1 is 1.47 bits per heavy atom. The first-order valence-corrected chi connectivity index (χ1v) is 6.70. The number of nitrogen functional groups attached to an aromatic ring is 1. The van der Waals surface area contributed by atoms with Crippen LogP contribution in [-0.4, -0.2) is 58.1 Å². The minimum atomic E-state index is -0.0744. The summed E-state index contributed by atoms with van der Waals surface area (Å²) in [5.41, 5.74) is 7.62. The number of hydrogen-bond acceptors (Lipinski definition) is 4. The molecule has 106 valence electrons. The van der Waals surface area contributed by atoms with Crippen molar-refractivity contribution in [1.82, 2.24) is 20.0 Å². The number of rotatable bonds is 2. The Hall–Kier alpha value is -1.56. The number of aromatic nitrogens is 2. The quantitative estimate of drug-likeness (QED) is 0.826. The number of piperazine rings is 1. The van der Waals surface area contributed by atoms with Crippen LogP contribution in [0.5, 0.6) is 0 Å². The van der Waals surface area contributed by atoms with E-state index in [1.54, 1.807) is 0 Å². The van der Waals surface area contributed by atoms with Crippen molar-refractivity contribution in [3.05, 3.63) is 11.4 Å². The van der Waals surface area contributed by atoms with Gasteiger partial charge in [0.25, 0.3) is 5.91 Å². The Balaban J connectivity index is 2.18. The molecule has 0 aliphatic carbocycles. The maximum absolute atomic E-state index is 12.5. The minimum absolute atomic E-state index is 0.0213. The molecule has 1 fully saturated rings. The van der Waals surface area contributed by atoms with Crippen LogP contribution in [0.25, 0.3) is 0 Å². The Morgan fingerprint density at radius 3 is 2.68 bits per heavy atom. The van der Waals surface area contributed by atoms with Crippen molar-refractivity contribution < 1.29 is 4.79 Å². The lowest BCUT2D eigenvalue weighted by Gasteiger charge is -2.45. The number of nitrogens with zero attached hydrogens (tertiary/aromatic N) is 3. The van der Waals surface area contributed by atoms with Crippen molar-refractivity contribution >= 4 is 11.6 Å². The van der Waals surface area contributed by atoms with E-state index in [0.29, 0.717) is 24.5 Å². The SMILES string of the molecule is CCc1[nH]nc(C(=O)N2CCN(C)C(C)(C)C2)c1N. The number of aryl methyl sites for hydroxylation is 1. The van der Waals surface area contributed by atoms with Crippen LogP contribution in [-0.2, 0) is 6.42 Å². The van der Waals surface area contributed by atoms with E-state index in [1.165, 1.54) is 0 Å². The molecule has 1 aromatic rings. The normalized spacial score (nSPS) is 19.7. The van der Waals surface area contributed by atoms with Gasteiger partial charge in [-0.15, -0.1) is 0 Å². The molecular weight excluding hydrogens is 242 g/mol. The Kier molecular flexibility index (Phi) is 3.54. The summed E-state index contributed by atoms with van der Waals surface area (Å²) in [6, 6.07) is 0. The van der Waals surface area contributed by atoms with E-state index in [4.69, 9.17) is 5.73 Å². The molecule has 0 spiro atoms. The summed E-state index contributed by atoms with van der Waals surface area (Å²) in [6.45, 7) is 8.53. The zero-order chi connectivity index (χ0) is 14.2. The van der Waals surface area contributed by atoms with Gasteiger partial charge >= 0.3 is 0 Å². The fourth-order valence-corrected chi connectivity index (χ4v) is 2.38. The average molecular weight is 265 g/mol. The maximum atomic E-state index is 12.5. The van der Waals surface area contributed by atoms with Crippen molar-refractivity contribution in [2.75, 3.05) is 32.4 Å². The van der Waals surface area contributed by atoms with Gasteiger partial charge in [-0.25, -0.2) is 0 Å². The first-order chi connectivity index (χ1) is 8.86. The van der Waals surface area contributed by atoms with Gasteiger partial charge in [-0.1, -0.05) is 6.92 Å². The van der Waals surface area contributed by atoms with Gasteiger partial charge in [-0.2, -0.15) is 5.10 Å². The highest BCUT2D eigenvalue weighted by Crippen LogP contribution is 2.22. The molecule has 2 heterocycles. The van der Waals surface area contributed by atoms with E-state index >= 15 is 0 Å². The average Bonchev–Trinajstić information content (AvgIpc) is 2.73. The zero-order valence-corrected chi connectivity index (χ0v) is 12.2. The molecule has 0 radical (unpaired) electrons. The number of carbonyl (C=O) groups is 1. The van der Waals surface area contributed by atoms with Gasteiger partial charge in [0.2, 0.25) is 0 Å². The van der Waals surface area contributed by atoms with E-state index in [9.17, 15) is 4.79 Å². The molecule has 19 heavy (non-hydrogen) atoms. The Labute approximate surface area is 113 Å². The van der Waals surface area contributed by atoms with Gasteiger partial charge in [0, 0.05) is 25.2 Å². The third-order valence-electron chi connectivity index (χ3n) is 4.04. The molecular formula is C13H23N5O. The van der Waals surface area contributed by atoms with Crippen LogP contribution < -0.4 is 5.73 Å². The molecule has 1 aromatic heterocycles. The van der Waals surface area contributed by atoms with Crippen molar-refractivity contribution in [3.8, 4) is 0 Å².